The molecule has 1 unspecified atom stereocenters. The first-order valence-corrected chi connectivity index (χ1v) is 9.77. The van der Waals surface area contributed by atoms with Crippen molar-refractivity contribution in [2.24, 2.45) is 0 Å². The number of carbonyl (C=O) groups is 1. The molecule has 0 aliphatic carbocycles. The first kappa shape index (κ1) is 17.6. The molecular weight excluding hydrogens is 338 g/mol. The van der Waals surface area contributed by atoms with Gasteiger partial charge in [0.25, 0.3) is 0 Å². The Balaban J connectivity index is 1.64. The largest absolute Gasteiger partial charge is 0.354 e. The van der Waals surface area contributed by atoms with Crippen molar-refractivity contribution in [2.45, 2.75) is 30.2 Å². The molecule has 0 saturated carbocycles. The lowest BCUT2D eigenvalue weighted by molar-refractivity contribution is -0.124. The van der Waals surface area contributed by atoms with Gasteiger partial charge >= 0.3 is 0 Å². The van der Waals surface area contributed by atoms with E-state index in [9.17, 15) is 13.2 Å². The maximum Gasteiger partial charge on any atom is 0.243 e. The van der Waals surface area contributed by atoms with Gasteiger partial charge in [0.2, 0.25) is 15.9 Å². The fraction of sp³-hybridized carbons (Fsp3) is 0.333. The van der Waals surface area contributed by atoms with E-state index in [0.29, 0.717) is 32.4 Å². The second kappa shape index (κ2) is 7.76. The van der Waals surface area contributed by atoms with Gasteiger partial charge in [0.05, 0.1) is 4.90 Å². The van der Waals surface area contributed by atoms with Gasteiger partial charge in [-0.05, 0) is 37.1 Å². The molecule has 1 fully saturated rings. The highest BCUT2D eigenvalue weighted by molar-refractivity contribution is 7.89. The van der Waals surface area contributed by atoms with Crippen LogP contribution in [0.15, 0.2) is 59.6 Å². The minimum atomic E-state index is -3.65. The van der Waals surface area contributed by atoms with Crippen molar-refractivity contribution in [2.75, 3.05) is 13.1 Å². The third-order valence-electron chi connectivity index (χ3n) is 4.26. The minimum absolute atomic E-state index is 0.225. The summed E-state index contributed by atoms with van der Waals surface area (Å²) >= 11 is 0. The molecule has 2 heterocycles. The molecule has 2 aromatic rings. The van der Waals surface area contributed by atoms with E-state index in [-0.39, 0.29) is 10.8 Å². The van der Waals surface area contributed by atoms with Crippen LogP contribution in [0.25, 0.3) is 0 Å². The fourth-order valence-corrected chi connectivity index (χ4v) is 4.67. The topological polar surface area (TPSA) is 79.4 Å². The number of hydrogen-bond donors (Lipinski definition) is 1. The summed E-state index contributed by atoms with van der Waals surface area (Å²) in [5.74, 6) is -0.243. The summed E-state index contributed by atoms with van der Waals surface area (Å²) in [6.07, 6.45) is 3.55. The van der Waals surface area contributed by atoms with Crippen molar-refractivity contribution in [1.29, 1.82) is 0 Å². The van der Waals surface area contributed by atoms with Crippen LogP contribution in [-0.2, 0) is 21.2 Å². The zero-order valence-electron chi connectivity index (χ0n) is 13.8. The first-order valence-electron chi connectivity index (χ1n) is 8.33. The summed E-state index contributed by atoms with van der Waals surface area (Å²) in [6.45, 7) is 0.807. The Kier molecular flexibility index (Phi) is 5.45. The van der Waals surface area contributed by atoms with Gasteiger partial charge in [-0.25, -0.2) is 8.42 Å². The average Bonchev–Trinajstić information content (AvgIpc) is 3.14. The molecular formula is C18H21N3O3S. The summed E-state index contributed by atoms with van der Waals surface area (Å²) in [6, 6.07) is 13.2. The minimum Gasteiger partial charge on any atom is -0.354 e. The molecule has 132 valence electrons. The quantitative estimate of drug-likeness (QED) is 0.849. The van der Waals surface area contributed by atoms with Crippen LogP contribution in [0.2, 0.25) is 0 Å². The van der Waals surface area contributed by atoms with Crippen molar-refractivity contribution in [3.63, 3.8) is 0 Å². The predicted octanol–water partition coefficient (Wildman–Crippen LogP) is 1.59. The molecule has 1 N–H and O–H groups in total. The number of hydrogen-bond acceptors (Lipinski definition) is 4. The monoisotopic (exact) mass is 359 g/mol. The number of benzene rings is 1. The van der Waals surface area contributed by atoms with Gasteiger partial charge in [0.1, 0.15) is 6.04 Å². The molecule has 3 rings (SSSR count). The first-order chi connectivity index (χ1) is 12.1. The molecule has 1 saturated heterocycles. The maximum absolute atomic E-state index is 12.8. The molecule has 0 bridgehead atoms. The predicted molar refractivity (Wildman–Crippen MR) is 94.3 cm³/mol. The van der Waals surface area contributed by atoms with Gasteiger partial charge in [0.15, 0.2) is 0 Å². The zero-order valence-corrected chi connectivity index (χ0v) is 14.7. The second-order valence-electron chi connectivity index (χ2n) is 5.95. The van der Waals surface area contributed by atoms with Crippen LogP contribution in [0, 0.1) is 0 Å². The summed E-state index contributed by atoms with van der Waals surface area (Å²) in [5.41, 5.74) is 0.892. The Hall–Kier alpha value is -2.25. The number of nitrogens with zero attached hydrogens (tertiary/aromatic N) is 2. The number of pyridine rings is 1. The maximum atomic E-state index is 12.8. The van der Waals surface area contributed by atoms with Crippen molar-refractivity contribution >= 4 is 15.9 Å². The molecule has 0 spiro atoms. The van der Waals surface area contributed by atoms with Crippen molar-refractivity contribution in [3.8, 4) is 0 Å². The number of carbonyl (C=O) groups excluding carboxylic acids is 1. The number of nitrogens with one attached hydrogen (secondary N) is 1. The van der Waals surface area contributed by atoms with Crippen molar-refractivity contribution in [3.05, 3.63) is 60.4 Å². The van der Waals surface area contributed by atoms with Crippen LogP contribution in [0.4, 0.5) is 0 Å². The molecule has 1 aromatic heterocycles. The summed E-state index contributed by atoms with van der Waals surface area (Å²) in [7, 11) is -3.65. The van der Waals surface area contributed by atoms with E-state index < -0.39 is 16.1 Å². The van der Waals surface area contributed by atoms with E-state index in [4.69, 9.17) is 0 Å². The standard InChI is InChI=1S/C18H21N3O3S/c22-18(20-13-11-15-7-4-5-12-19-15)17-10-6-14-21(17)25(23,24)16-8-2-1-3-9-16/h1-5,7-9,12,17H,6,10-11,13-14H2,(H,20,22). The molecule has 1 aliphatic rings. The van der Waals surface area contributed by atoms with E-state index in [0.717, 1.165) is 5.69 Å². The average molecular weight is 359 g/mol. The highest BCUT2D eigenvalue weighted by atomic mass is 32.2. The highest BCUT2D eigenvalue weighted by Gasteiger charge is 2.39. The number of amides is 1. The smallest absolute Gasteiger partial charge is 0.243 e. The molecule has 1 aromatic carbocycles. The molecule has 1 amide bonds. The van der Waals surface area contributed by atoms with Crippen LogP contribution in [0.1, 0.15) is 18.5 Å². The second-order valence-corrected chi connectivity index (χ2v) is 7.84. The lowest BCUT2D eigenvalue weighted by Gasteiger charge is -2.23. The van der Waals surface area contributed by atoms with Gasteiger partial charge < -0.3 is 5.32 Å². The Morgan fingerprint density at radius 1 is 1.16 bits per heavy atom. The zero-order chi connectivity index (χ0) is 17.7. The van der Waals surface area contributed by atoms with Crippen LogP contribution in [0.5, 0.6) is 0 Å². The van der Waals surface area contributed by atoms with E-state index in [1.54, 1.807) is 36.5 Å². The van der Waals surface area contributed by atoms with Gasteiger partial charge in [-0.3, -0.25) is 9.78 Å². The fourth-order valence-electron chi connectivity index (χ4n) is 3.00. The van der Waals surface area contributed by atoms with Crippen molar-refractivity contribution in [1.82, 2.24) is 14.6 Å². The van der Waals surface area contributed by atoms with Gasteiger partial charge in [-0.15, -0.1) is 0 Å². The van der Waals surface area contributed by atoms with E-state index in [2.05, 4.69) is 10.3 Å². The van der Waals surface area contributed by atoms with Gasteiger partial charge in [0, 0.05) is 31.4 Å². The molecule has 7 heteroatoms. The Morgan fingerprint density at radius 2 is 1.92 bits per heavy atom. The Bertz CT molecular complexity index is 810. The summed E-state index contributed by atoms with van der Waals surface area (Å²) < 4.78 is 26.9. The lowest BCUT2D eigenvalue weighted by Crippen LogP contribution is -2.46. The van der Waals surface area contributed by atoms with Crippen LogP contribution >= 0.6 is 0 Å². The van der Waals surface area contributed by atoms with Crippen molar-refractivity contribution < 1.29 is 13.2 Å². The lowest BCUT2D eigenvalue weighted by atomic mass is 10.2. The Morgan fingerprint density at radius 3 is 2.64 bits per heavy atom. The molecule has 1 atom stereocenters. The molecule has 25 heavy (non-hydrogen) atoms. The third kappa shape index (κ3) is 4.05. The van der Waals surface area contributed by atoms with Crippen LogP contribution < -0.4 is 5.32 Å². The summed E-state index contributed by atoms with van der Waals surface area (Å²) in [4.78, 5) is 16.9. The molecule has 1 aliphatic heterocycles. The highest BCUT2D eigenvalue weighted by Crippen LogP contribution is 2.26. The van der Waals surface area contributed by atoms with Gasteiger partial charge in [-0.2, -0.15) is 4.31 Å². The van der Waals surface area contributed by atoms with Crippen LogP contribution in [-0.4, -0.2) is 42.7 Å². The van der Waals surface area contributed by atoms with Gasteiger partial charge in [-0.1, -0.05) is 24.3 Å². The van der Waals surface area contributed by atoms with E-state index >= 15 is 0 Å². The SMILES string of the molecule is O=C(NCCc1ccccn1)C1CCCN1S(=O)(=O)c1ccccc1. The summed E-state index contributed by atoms with van der Waals surface area (Å²) in [5, 5.41) is 2.84. The number of aromatic nitrogens is 1. The van der Waals surface area contributed by atoms with Crippen LogP contribution in [0.3, 0.4) is 0 Å². The molecule has 0 radical (unpaired) electrons. The number of rotatable bonds is 6. The Labute approximate surface area is 147 Å². The normalized spacial score (nSPS) is 18.2. The third-order valence-corrected chi connectivity index (χ3v) is 6.19. The van der Waals surface area contributed by atoms with E-state index in [1.807, 2.05) is 18.2 Å². The van der Waals surface area contributed by atoms with E-state index in [1.165, 1.54) is 4.31 Å². The number of sulfonamides is 1. The molecule has 6 nitrogen and oxygen atoms in total.